The number of nitrogens with one attached hydrogen (secondary N) is 2. The average Bonchev–Trinajstić information content (AvgIpc) is 3.77. The first-order chi connectivity index (χ1) is 24.3. The maximum Gasteiger partial charge on any atom is 0.270 e. The highest BCUT2D eigenvalue weighted by atomic mass is 16.2. The lowest BCUT2D eigenvalue weighted by Crippen LogP contribution is -2.63. The Morgan fingerprint density at radius 3 is 2.28 bits per heavy atom. The summed E-state index contributed by atoms with van der Waals surface area (Å²) in [5.41, 5.74) is 4.69. The van der Waals surface area contributed by atoms with E-state index in [4.69, 9.17) is 4.98 Å². The predicted octanol–water partition coefficient (Wildman–Crippen LogP) is 3.92. The van der Waals surface area contributed by atoms with Gasteiger partial charge >= 0.3 is 0 Å². The van der Waals surface area contributed by atoms with Crippen LogP contribution in [0, 0.1) is 0 Å². The molecular formula is C37H44N10O3. The van der Waals surface area contributed by atoms with Gasteiger partial charge in [-0.3, -0.25) is 24.6 Å². The van der Waals surface area contributed by atoms with Gasteiger partial charge in [0.1, 0.15) is 17.2 Å². The zero-order valence-electron chi connectivity index (χ0n) is 28.7. The van der Waals surface area contributed by atoms with Crippen molar-refractivity contribution in [3.8, 4) is 0 Å². The molecule has 2 N–H and O–H groups in total. The second-order valence-electron chi connectivity index (χ2n) is 14.2. The Hall–Kier alpha value is -5.04. The van der Waals surface area contributed by atoms with Crippen LogP contribution in [-0.2, 0) is 9.59 Å². The quantitative estimate of drug-likeness (QED) is 0.265. The number of rotatable bonds is 8. The molecule has 4 aromatic rings. The summed E-state index contributed by atoms with van der Waals surface area (Å²) in [5.74, 6) is 0.500. The number of nitrogens with zero attached hydrogens (tertiary/aromatic N) is 8. The van der Waals surface area contributed by atoms with Gasteiger partial charge in [-0.15, -0.1) is 0 Å². The number of amides is 3. The second-order valence-corrected chi connectivity index (χ2v) is 14.2. The van der Waals surface area contributed by atoms with Gasteiger partial charge in [-0.25, -0.2) is 9.97 Å². The van der Waals surface area contributed by atoms with Crippen LogP contribution < -0.4 is 20.4 Å². The fourth-order valence-corrected chi connectivity index (χ4v) is 7.93. The summed E-state index contributed by atoms with van der Waals surface area (Å²) in [6.07, 6.45) is 9.07. The third-order valence-electron chi connectivity index (χ3n) is 10.8. The van der Waals surface area contributed by atoms with Crippen molar-refractivity contribution in [1.29, 1.82) is 0 Å². The number of benzene rings is 1. The predicted molar refractivity (Wildman–Crippen MR) is 192 cm³/mol. The van der Waals surface area contributed by atoms with E-state index in [0.29, 0.717) is 36.3 Å². The summed E-state index contributed by atoms with van der Waals surface area (Å²) < 4.78 is 2.12. The van der Waals surface area contributed by atoms with Crippen LogP contribution in [0.5, 0.6) is 0 Å². The molecule has 8 rings (SSSR count). The van der Waals surface area contributed by atoms with Crippen LogP contribution in [0.3, 0.4) is 0 Å². The van der Waals surface area contributed by atoms with E-state index in [1.807, 2.05) is 30.5 Å². The molecule has 6 heterocycles. The molecule has 1 aromatic carbocycles. The van der Waals surface area contributed by atoms with Crippen molar-refractivity contribution < 1.29 is 14.4 Å². The minimum atomic E-state index is -0.248. The number of aromatic nitrogens is 4. The Bertz CT molecular complexity index is 1890. The van der Waals surface area contributed by atoms with Crippen LogP contribution >= 0.6 is 0 Å². The van der Waals surface area contributed by atoms with Gasteiger partial charge in [-0.05, 0) is 55.2 Å². The van der Waals surface area contributed by atoms with Crippen LogP contribution in [0.25, 0.3) is 11.0 Å². The number of piperazine rings is 1. The molecule has 3 saturated heterocycles. The molecule has 0 bridgehead atoms. The smallest absolute Gasteiger partial charge is 0.270 e. The van der Waals surface area contributed by atoms with Crippen molar-refractivity contribution in [3.63, 3.8) is 0 Å². The third kappa shape index (κ3) is 6.26. The van der Waals surface area contributed by atoms with Gasteiger partial charge in [0.05, 0.1) is 17.8 Å². The molecule has 1 unspecified atom stereocenters. The van der Waals surface area contributed by atoms with Crippen molar-refractivity contribution in [2.45, 2.75) is 56.5 Å². The summed E-state index contributed by atoms with van der Waals surface area (Å²) >= 11 is 0. The number of hydrogen-bond acceptors (Lipinski definition) is 10. The van der Waals surface area contributed by atoms with Gasteiger partial charge in [-0.2, -0.15) is 4.98 Å². The van der Waals surface area contributed by atoms with E-state index in [0.717, 1.165) is 87.2 Å². The number of carbonyl (C=O) groups excluding carboxylic acids is 3. The summed E-state index contributed by atoms with van der Waals surface area (Å²) in [7, 11) is 3.57. The molecule has 1 saturated carbocycles. The topological polar surface area (TPSA) is 132 Å². The third-order valence-corrected chi connectivity index (χ3v) is 10.8. The van der Waals surface area contributed by atoms with Crippen LogP contribution in [0.2, 0.25) is 0 Å². The first-order valence-corrected chi connectivity index (χ1v) is 17.8. The Morgan fingerprint density at radius 1 is 0.860 bits per heavy atom. The molecular weight excluding hydrogens is 632 g/mol. The molecule has 3 aromatic heterocycles. The fourth-order valence-electron chi connectivity index (χ4n) is 7.93. The molecule has 50 heavy (non-hydrogen) atoms. The number of fused-ring (bicyclic) bond motifs is 1. The van der Waals surface area contributed by atoms with Crippen molar-refractivity contribution in [1.82, 2.24) is 34.6 Å². The standard InChI is InChI=1S/C37H44N10O3/c1-43(2)36(50)31-19-25-20-39-37(42-34(25)47(31)27-5-3-4-6-27)40-32-13-11-28(21-38-32)46-22-29(23-46)45-17-15-44(16-18-45)26-9-7-24(8-10-26)30-12-14-33(48)41-35(30)49/h7-11,13,19-21,27,29-30H,3-6,12,14-18,22-23H2,1-2H3,(H,41,48,49)(H,38,39,40,42). The van der Waals surface area contributed by atoms with Gasteiger partial charge in [-0.1, -0.05) is 25.0 Å². The molecule has 1 aliphatic carbocycles. The summed E-state index contributed by atoms with van der Waals surface area (Å²) in [5, 5.41) is 6.60. The lowest BCUT2D eigenvalue weighted by atomic mass is 9.90. The maximum absolute atomic E-state index is 13.0. The van der Waals surface area contributed by atoms with Crippen LogP contribution in [0.4, 0.5) is 23.1 Å². The molecule has 1 atom stereocenters. The van der Waals surface area contributed by atoms with E-state index in [9.17, 15) is 14.4 Å². The molecule has 260 valence electrons. The lowest BCUT2D eigenvalue weighted by molar-refractivity contribution is -0.134. The molecule has 13 nitrogen and oxygen atoms in total. The molecule has 13 heteroatoms. The van der Waals surface area contributed by atoms with Crippen LogP contribution in [0.1, 0.15) is 66.5 Å². The van der Waals surface area contributed by atoms with Gasteiger partial charge in [0.25, 0.3) is 5.91 Å². The van der Waals surface area contributed by atoms with E-state index >= 15 is 0 Å². The molecule has 0 spiro atoms. The van der Waals surface area contributed by atoms with Crippen LogP contribution in [-0.4, -0.2) is 106 Å². The van der Waals surface area contributed by atoms with E-state index in [1.165, 1.54) is 5.69 Å². The highest BCUT2D eigenvalue weighted by molar-refractivity contribution is 6.01. The first kappa shape index (κ1) is 32.2. The molecule has 0 radical (unpaired) electrons. The zero-order valence-corrected chi connectivity index (χ0v) is 28.7. The average molecular weight is 677 g/mol. The van der Waals surface area contributed by atoms with Crippen molar-refractivity contribution >= 4 is 51.9 Å². The fraction of sp³-hybridized carbons (Fsp3) is 0.459. The number of pyridine rings is 1. The van der Waals surface area contributed by atoms with E-state index < -0.39 is 0 Å². The Morgan fingerprint density at radius 2 is 1.60 bits per heavy atom. The summed E-state index contributed by atoms with van der Waals surface area (Å²) in [6.45, 7) is 5.88. The molecule has 4 aliphatic rings. The van der Waals surface area contributed by atoms with E-state index in [2.05, 4.69) is 58.1 Å². The molecule has 4 fully saturated rings. The molecule has 3 amide bonds. The van der Waals surface area contributed by atoms with Gasteiger partial charge in [0.15, 0.2) is 0 Å². The second kappa shape index (κ2) is 13.3. The normalized spacial score (nSPS) is 20.6. The maximum atomic E-state index is 13.0. The van der Waals surface area contributed by atoms with Gasteiger partial charge in [0.2, 0.25) is 17.8 Å². The van der Waals surface area contributed by atoms with Crippen molar-refractivity contribution in [3.05, 3.63) is 66.1 Å². The SMILES string of the molecule is CN(C)C(=O)c1cc2cnc(Nc3ccc(N4CC(N5CCN(c6ccc(C7CCC(=O)NC7=O)cc6)CC5)C4)cn3)nc2n1C1CCCC1. The van der Waals surface area contributed by atoms with Crippen LogP contribution in [0.15, 0.2) is 54.9 Å². The number of hydrogen-bond donors (Lipinski definition) is 2. The number of carbonyl (C=O) groups is 3. The molecule has 3 aliphatic heterocycles. The lowest BCUT2D eigenvalue weighted by Gasteiger charge is -2.49. The zero-order chi connectivity index (χ0) is 34.4. The minimum absolute atomic E-state index is 0.0205. The number of imide groups is 1. The monoisotopic (exact) mass is 676 g/mol. The van der Waals surface area contributed by atoms with Gasteiger partial charge < -0.3 is 24.6 Å². The Balaban J connectivity index is 0.846. The van der Waals surface area contributed by atoms with E-state index in [1.54, 1.807) is 25.2 Å². The van der Waals surface area contributed by atoms with Crippen molar-refractivity contribution in [2.24, 2.45) is 0 Å². The number of piperidine rings is 1. The highest BCUT2D eigenvalue weighted by Gasteiger charge is 2.34. The first-order valence-electron chi connectivity index (χ1n) is 17.8. The van der Waals surface area contributed by atoms with E-state index in [-0.39, 0.29) is 29.7 Å². The van der Waals surface area contributed by atoms with Gasteiger partial charge in [0, 0.05) is 89.1 Å². The Kier molecular flexibility index (Phi) is 8.59. The summed E-state index contributed by atoms with van der Waals surface area (Å²) in [4.78, 5) is 59.9. The summed E-state index contributed by atoms with van der Waals surface area (Å²) in [6, 6.07) is 15.0. The highest BCUT2D eigenvalue weighted by Crippen LogP contribution is 2.35. The Labute approximate surface area is 291 Å². The largest absolute Gasteiger partial charge is 0.369 e. The number of anilines is 4. The van der Waals surface area contributed by atoms with Crippen molar-refractivity contribution in [2.75, 3.05) is 68.5 Å². The minimum Gasteiger partial charge on any atom is -0.369 e.